The monoisotopic (exact) mass is 417 g/mol. The lowest BCUT2D eigenvalue weighted by Gasteiger charge is -2.25. The fraction of sp³-hybridized carbons (Fsp3) is 0.105. The van der Waals surface area contributed by atoms with E-state index in [0.29, 0.717) is 21.8 Å². The molecule has 0 aliphatic carbocycles. The van der Waals surface area contributed by atoms with E-state index >= 15 is 0 Å². The maximum absolute atomic E-state index is 13.5. The molecule has 1 heterocycles. The minimum Gasteiger partial charge on any atom is -0.264 e. The predicted molar refractivity (Wildman–Crippen MR) is 107 cm³/mol. The van der Waals surface area contributed by atoms with Gasteiger partial charge < -0.3 is 0 Å². The summed E-state index contributed by atoms with van der Waals surface area (Å²) in [5.74, 6) is 0. The third kappa shape index (κ3) is 3.97. The molecule has 0 bridgehead atoms. The Morgan fingerprint density at radius 3 is 2.43 bits per heavy atom. The molecule has 9 heteroatoms. The molecule has 0 aliphatic rings. The van der Waals surface area contributed by atoms with Gasteiger partial charge in [0.15, 0.2) is 4.90 Å². The van der Waals surface area contributed by atoms with Gasteiger partial charge in [-0.2, -0.15) is 0 Å². The van der Waals surface area contributed by atoms with Gasteiger partial charge in [-0.05, 0) is 48.4 Å². The van der Waals surface area contributed by atoms with Gasteiger partial charge >= 0.3 is 0 Å². The van der Waals surface area contributed by atoms with Crippen LogP contribution in [0.5, 0.6) is 0 Å². The molecule has 1 aromatic heterocycles. The summed E-state index contributed by atoms with van der Waals surface area (Å²) in [5.41, 5.74) is 0.799. The first-order valence-corrected chi connectivity index (χ1v) is 10.0. The third-order valence-corrected chi connectivity index (χ3v) is 6.32. The van der Waals surface area contributed by atoms with Crippen LogP contribution in [-0.4, -0.2) is 18.3 Å². The Morgan fingerprint density at radius 1 is 1.11 bits per heavy atom. The normalized spacial score (nSPS) is 11.2. The van der Waals surface area contributed by atoms with Gasteiger partial charge in [-0.15, -0.1) is 0 Å². The van der Waals surface area contributed by atoms with Crippen LogP contribution in [0.2, 0.25) is 5.02 Å². The summed E-state index contributed by atoms with van der Waals surface area (Å²) < 4.78 is 28.2. The van der Waals surface area contributed by atoms with Crippen molar-refractivity contribution in [2.75, 3.05) is 4.31 Å². The van der Waals surface area contributed by atoms with Crippen LogP contribution in [0.1, 0.15) is 11.1 Å². The van der Waals surface area contributed by atoms with Crippen LogP contribution in [0.4, 0.5) is 11.4 Å². The van der Waals surface area contributed by atoms with Crippen molar-refractivity contribution in [1.82, 2.24) is 4.98 Å². The molecular weight excluding hydrogens is 402 g/mol. The van der Waals surface area contributed by atoms with Crippen molar-refractivity contribution in [3.8, 4) is 0 Å². The number of nitrogens with zero attached hydrogens (tertiary/aromatic N) is 3. The standard InChI is InChI=1S/C19H16ClN3O4S/c1-14-4-2-6-18(23(24)25)19(14)28(26,27)22(13-15-5-3-11-21-12-15)17-9-7-16(20)8-10-17/h2-12H,13H2,1H3. The maximum atomic E-state index is 13.5. The summed E-state index contributed by atoms with van der Waals surface area (Å²) in [6, 6.07) is 13.8. The SMILES string of the molecule is Cc1cccc([N+](=O)[O-])c1S(=O)(=O)N(Cc1cccnc1)c1ccc(Cl)cc1. The van der Waals surface area contributed by atoms with Gasteiger partial charge in [0.05, 0.1) is 17.2 Å². The first-order chi connectivity index (χ1) is 13.3. The van der Waals surface area contributed by atoms with E-state index in [-0.39, 0.29) is 11.4 Å². The number of aromatic nitrogens is 1. The van der Waals surface area contributed by atoms with E-state index in [9.17, 15) is 18.5 Å². The summed E-state index contributed by atoms with van der Waals surface area (Å²) in [5, 5.41) is 11.9. The molecule has 3 aromatic rings. The number of hydrogen-bond donors (Lipinski definition) is 0. The van der Waals surface area contributed by atoms with Crippen molar-refractivity contribution in [2.45, 2.75) is 18.4 Å². The van der Waals surface area contributed by atoms with Crippen LogP contribution in [0, 0.1) is 17.0 Å². The van der Waals surface area contributed by atoms with Gasteiger partial charge in [-0.25, -0.2) is 8.42 Å². The molecule has 0 saturated heterocycles. The zero-order chi connectivity index (χ0) is 20.3. The van der Waals surface area contributed by atoms with Crippen molar-refractivity contribution < 1.29 is 13.3 Å². The predicted octanol–water partition coefficient (Wildman–Crippen LogP) is 4.35. The molecule has 0 N–H and O–H groups in total. The van der Waals surface area contributed by atoms with E-state index in [1.165, 1.54) is 25.1 Å². The van der Waals surface area contributed by atoms with Crippen LogP contribution < -0.4 is 4.31 Å². The minimum atomic E-state index is -4.25. The molecule has 0 spiro atoms. The van der Waals surface area contributed by atoms with Crippen molar-refractivity contribution in [3.05, 3.63) is 93.3 Å². The number of nitro benzene ring substituents is 1. The lowest BCUT2D eigenvalue weighted by molar-refractivity contribution is -0.387. The number of sulfonamides is 1. The van der Waals surface area contributed by atoms with Gasteiger partial charge in [0.25, 0.3) is 15.7 Å². The van der Waals surface area contributed by atoms with Crippen molar-refractivity contribution in [1.29, 1.82) is 0 Å². The molecule has 0 fully saturated rings. The Bertz CT molecular complexity index is 1100. The van der Waals surface area contributed by atoms with Crippen LogP contribution in [0.15, 0.2) is 71.9 Å². The van der Waals surface area contributed by atoms with Gasteiger partial charge in [0.1, 0.15) is 0 Å². The van der Waals surface area contributed by atoms with Crippen LogP contribution in [-0.2, 0) is 16.6 Å². The van der Waals surface area contributed by atoms with Crippen molar-refractivity contribution in [3.63, 3.8) is 0 Å². The lowest BCUT2D eigenvalue weighted by atomic mass is 10.2. The molecule has 2 aromatic carbocycles. The fourth-order valence-electron chi connectivity index (χ4n) is 2.81. The van der Waals surface area contributed by atoms with E-state index in [1.54, 1.807) is 48.8 Å². The van der Waals surface area contributed by atoms with E-state index in [2.05, 4.69) is 4.98 Å². The second-order valence-corrected chi connectivity index (χ2v) is 8.27. The second kappa shape index (κ2) is 7.95. The number of hydrogen-bond acceptors (Lipinski definition) is 5. The summed E-state index contributed by atoms with van der Waals surface area (Å²) in [6.07, 6.45) is 3.13. The van der Waals surface area contributed by atoms with Crippen LogP contribution in [0.25, 0.3) is 0 Å². The molecule has 144 valence electrons. The highest BCUT2D eigenvalue weighted by atomic mass is 35.5. The summed E-state index contributed by atoms with van der Waals surface area (Å²) in [6.45, 7) is 1.49. The Kier molecular flexibility index (Phi) is 5.62. The molecule has 0 unspecified atom stereocenters. The molecule has 7 nitrogen and oxygen atoms in total. The molecule has 0 saturated carbocycles. The molecule has 0 amide bonds. The number of pyridine rings is 1. The number of aryl methyl sites for hydroxylation is 1. The van der Waals surface area contributed by atoms with Gasteiger partial charge in [-0.3, -0.25) is 19.4 Å². The highest BCUT2D eigenvalue weighted by Gasteiger charge is 2.33. The van der Waals surface area contributed by atoms with Gasteiger partial charge in [0.2, 0.25) is 0 Å². The summed E-state index contributed by atoms with van der Waals surface area (Å²) in [7, 11) is -4.25. The van der Waals surface area contributed by atoms with E-state index in [4.69, 9.17) is 11.6 Å². The largest absolute Gasteiger partial charge is 0.290 e. The molecule has 0 atom stereocenters. The maximum Gasteiger partial charge on any atom is 0.290 e. The zero-order valence-electron chi connectivity index (χ0n) is 14.8. The summed E-state index contributed by atoms with van der Waals surface area (Å²) in [4.78, 5) is 14.5. The van der Waals surface area contributed by atoms with E-state index in [1.807, 2.05) is 0 Å². The quantitative estimate of drug-likeness (QED) is 0.439. The number of benzene rings is 2. The van der Waals surface area contributed by atoms with Gasteiger partial charge in [-0.1, -0.05) is 29.8 Å². The first-order valence-electron chi connectivity index (χ1n) is 8.22. The Hall–Kier alpha value is -2.97. The second-order valence-electron chi connectivity index (χ2n) is 6.03. The highest BCUT2D eigenvalue weighted by Crippen LogP contribution is 2.33. The van der Waals surface area contributed by atoms with E-state index < -0.39 is 20.6 Å². The van der Waals surface area contributed by atoms with Crippen molar-refractivity contribution in [2.24, 2.45) is 0 Å². The fourth-order valence-corrected chi connectivity index (χ4v) is 4.75. The molecule has 3 rings (SSSR count). The Labute approximate surface area is 167 Å². The van der Waals surface area contributed by atoms with Crippen LogP contribution in [0.3, 0.4) is 0 Å². The third-order valence-electron chi connectivity index (χ3n) is 4.10. The molecule has 0 radical (unpaired) electrons. The molecule has 28 heavy (non-hydrogen) atoms. The average Bonchev–Trinajstić information content (AvgIpc) is 2.67. The first kappa shape index (κ1) is 19.8. The number of nitro groups is 1. The zero-order valence-corrected chi connectivity index (χ0v) is 16.4. The molecular formula is C19H16ClN3O4S. The number of halogens is 1. The topological polar surface area (TPSA) is 93.4 Å². The summed E-state index contributed by atoms with van der Waals surface area (Å²) >= 11 is 5.93. The van der Waals surface area contributed by atoms with Gasteiger partial charge in [0, 0.05) is 23.5 Å². The lowest BCUT2D eigenvalue weighted by Crippen LogP contribution is -2.31. The van der Waals surface area contributed by atoms with Crippen LogP contribution >= 0.6 is 11.6 Å². The average molecular weight is 418 g/mol. The minimum absolute atomic E-state index is 0.0384. The van der Waals surface area contributed by atoms with E-state index in [0.717, 1.165) is 4.31 Å². The Morgan fingerprint density at radius 2 is 1.82 bits per heavy atom. The Balaban J connectivity index is 2.20. The highest BCUT2D eigenvalue weighted by molar-refractivity contribution is 7.93. The number of rotatable bonds is 6. The smallest absolute Gasteiger partial charge is 0.264 e. The van der Waals surface area contributed by atoms with Crippen molar-refractivity contribution >= 4 is 33.0 Å². The molecule has 0 aliphatic heterocycles. The number of anilines is 1.